The third-order valence-corrected chi connectivity index (χ3v) is 4.76. The summed E-state index contributed by atoms with van der Waals surface area (Å²) in [4.78, 5) is 12.9. The highest BCUT2D eigenvalue weighted by atomic mass is 16.4. The van der Waals surface area contributed by atoms with E-state index in [9.17, 15) is 4.79 Å². The molecule has 0 saturated heterocycles. The van der Waals surface area contributed by atoms with Gasteiger partial charge < -0.3 is 16.3 Å². The molecule has 1 fully saturated rings. The van der Waals surface area contributed by atoms with Crippen molar-refractivity contribution in [1.82, 2.24) is 5.32 Å². The zero-order chi connectivity index (χ0) is 15.9. The fourth-order valence-corrected chi connectivity index (χ4v) is 3.52. The highest BCUT2D eigenvalue weighted by Crippen LogP contribution is 2.34. The van der Waals surface area contributed by atoms with Crippen molar-refractivity contribution < 1.29 is 10.0 Å². The second-order valence-corrected chi connectivity index (χ2v) is 6.64. The summed E-state index contributed by atoms with van der Waals surface area (Å²) < 4.78 is 0. The van der Waals surface area contributed by atoms with Gasteiger partial charge in [0.15, 0.2) is 5.84 Å². The van der Waals surface area contributed by atoms with Crippen molar-refractivity contribution in [3.8, 4) is 0 Å². The number of rotatable bonds is 7. The number of nitrogens with zero attached hydrogens (tertiary/aromatic N) is 1. The lowest BCUT2D eigenvalue weighted by molar-refractivity contribution is -0.130. The van der Waals surface area contributed by atoms with E-state index in [2.05, 4.69) is 17.4 Å². The first-order chi connectivity index (χ1) is 9.94. The van der Waals surface area contributed by atoms with Gasteiger partial charge in [-0.3, -0.25) is 4.79 Å². The fourth-order valence-electron chi connectivity index (χ4n) is 3.52. The van der Waals surface area contributed by atoms with Crippen molar-refractivity contribution in [3.63, 3.8) is 0 Å². The van der Waals surface area contributed by atoms with Gasteiger partial charge in [0.25, 0.3) is 0 Å². The van der Waals surface area contributed by atoms with E-state index in [4.69, 9.17) is 10.9 Å². The number of hydrogen-bond acceptors (Lipinski definition) is 3. The molecule has 0 aromatic heterocycles. The minimum Gasteiger partial charge on any atom is -0.409 e. The van der Waals surface area contributed by atoms with Crippen LogP contribution < -0.4 is 11.1 Å². The molecule has 0 aromatic rings. The molecule has 1 amide bonds. The van der Waals surface area contributed by atoms with Crippen LogP contribution in [0.2, 0.25) is 0 Å². The number of carbonyl (C=O) groups excluding carboxylic acids is 1. The summed E-state index contributed by atoms with van der Waals surface area (Å²) in [6.45, 7) is 6.15. The van der Waals surface area contributed by atoms with Gasteiger partial charge in [0, 0.05) is 5.54 Å². The van der Waals surface area contributed by atoms with Crippen LogP contribution in [-0.4, -0.2) is 22.5 Å². The summed E-state index contributed by atoms with van der Waals surface area (Å²) in [5.74, 6) is -0.0333. The van der Waals surface area contributed by atoms with Crippen LogP contribution in [-0.2, 0) is 4.79 Å². The summed E-state index contributed by atoms with van der Waals surface area (Å²) in [5.41, 5.74) is 4.88. The Labute approximate surface area is 128 Å². The van der Waals surface area contributed by atoms with Crippen LogP contribution in [0.5, 0.6) is 0 Å². The van der Waals surface area contributed by atoms with Crippen LogP contribution in [0.25, 0.3) is 0 Å². The van der Waals surface area contributed by atoms with E-state index in [-0.39, 0.29) is 17.3 Å². The number of hydrogen-bond donors (Lipinski definition) is 3. The van der Waals surface area contributed by atoms with Crippen molar-refractivity contribution in [3.05, 3.63) is 0 Å². The number of amidine groups is 1. The monoisotopic (exact) mass is 297 g/mol. The van der Waals surface area contributed by atoms with Crippen molar-refractivity contribution in [2.75, 3.05) is 0 Å². The number of carbonyl (C=O) groups is 1. The molecule has 21 heavy (non-hydrogen) atoms. The molecule has 122 valence electrons. The van der Waals surface area contributed by atoms with Gasteiger partial charge in [-0.1, -0.05) is 51.1 Å². The lowest BCUT2D eigenvalue weighted by Crippen LogP contribution is -2.56. The molecule has 4 N–H and O–H groups in total. The fraction of sp³-hybridized carbons (Fsp3) is 0.875. The molecular formula is C16H31N3O2. The van der Waals surface area contributed by atoms with Gasteiger partial charge in [-0.15, -0.1) is 0 Å². The maximum absolute atomic E-state index is 12.9. The van der Waals surface area contributed by atoms with Crippen molar-refractivity contribution >= 4 is 11.7 Å². The number of nitrogens with two attached hydrogens (primary N) is 1. The van der Waals surface area contributed by atoms with Crippen LogP contribution in [0, 0.1) is 5.41 Å². The van der Waals surface area contributed by atoms with E-state index >= 15 is 0 Å². The first-order valence-corrected chi connectivity index (χ1v) is 8.24. The van der Waals surface area contributed by atoms with Gasteiger partial charge in [0.2, 0.25) is 5.91 Å². The molecule has 0 bridgehead atoms. The third-order valence-electron chi connectivity index (χ3n) is 4.76. The predicted molar refractivity (Wildman–Crippen MR) is 85.3 cm³/mol. The smallest absolute Gasteiger partial charge is 0.234 e. The Morgan fingerprint density at radius 3 is 2.19 bits per heavy atom. The molecular weight excluding hydrogens is 266 g/mol. The topological polar surface area (TPSA) is 87.7 Å². The number of oxime groups is 1. The first-order valence-electron chi connectivity index (χ1n) is 8.24. The molecule has 1 aliphatic carbocycles. The molecule has 0 spiro atoms. The summed E-state index contributed by atoms with van der Waals surface area (Å²) in [7, 11) is 0. The number of nitrogens with one attached hydrogen (secondary N) is 1. The Morgan fingerprint density at radius 2 is 1.76 bits per heavy atom. The Hall–Kier alpha value is -1.26. The van der Waals surface area contributed by atoms with Crippen molar-refractivity contribution in [2.45, 2.75) is 84.1 Å². The molecule has 0 aliphatic heterocycles. The van der Waals surface area contributed by atoms with E-state index in [1.807, 2.05) is 13.8 Å². The lowest BCUT2D eigenvalue weighted by Gasteiger charge is -2.39. The molecule has 1 saturated carbocycles. The first kappa shape index (κ1) is 17.8. The highest BCUT2D eigenvalue weighted by molar-refractivity contribution is 6.06. The minimum absolute atomic E-state index is 0.0445. The van der Waals surface area contributed by atoms with E-state index in [1.165, 1.54) is 6.42 Å². The number of amides is 1. The molecule has 5 heteroatoms. The molecule has 0 atom stereocenters. The lowest BCUT2D eigenvalue weighted by atomic mass is 9.75. The summed E-state index contributed by atoms with van der Waals surface area (Å²) >= 11 is 0. The summed E-state index contributed by atoms with van der Waals surface area (Å²) in [6.07, 6.45) is 8.40. The van der Waals surface area contributed by atoms with Crippen molar-refractivity contribution in [2.24, 2.45) is 16.3 Å². The third kappa shape index (κ3) is 4.11. The largest absolute Gasteiger partial charge is 0.409 e. The normalized spacial score (nSPS) is 19.3. The van der Waals surface area contributed by atoms with Crippen LogP contribution in [0.1, 0.15) is 78.6 Å². The Kier molecular flexibility index (Phi) is 6.49. The molecule has 1 aliphatic rings. The van der Waals surface area contributed by atoms with Gasteiger partial charge in [0.05, 0.1) is 0 Å². The van der Waals surface area contributed by atoms with Crippen molar-refractivity contribution in [1.29, 1.82) is 0 Å². The summed E-state index contributed by atoms with van der Waals surface area (Å²) in [6, 6.07) is 0. The summed E-state index contributed by atoms with van der Waals surface area (Å²) in [5, 5.41) is 15.5. The predicted octanol–water partition coefficient (Wildman–Crippen LogP) is 3.16. The SMILES string of the molecule is CCCC(CCC)(C(=O)NC1(C)CCCCC1)C(N)=NO. The zero-order valence-corrected chi connectivity index (χ0v) is 13.7. The van der Waals surface area contributed by atoms with Gasteiger partial charge in [-0.2, -0.15) is 0 Å². The Morgan fingerprint density at radius 1 is 1.24 bits per heavy atom. The highest BCUT2D eigenvalue weighted by Gasteiger charge is 2.44. The van der Waals surface area contributed by atoms with Crippen LogP contribution in [0.15, 0.2) is 5.16 Å². The van der Waals surface area contributed by atoms with Crippen LogP contribution in [0.4, 0.5) is 0 Å². The maximum atomic E-state index is 12.9. The van der Waals surface area contributed by atoms with Gasteiger partial charge >= 0.3 is 0 Å². The van der Waals surface area contributed by atoms with Gasteiger partial charge in [-0.05, 0) is 32.6 Å². The average molecular weight is 297 g/mol. The molecule has 1 rings (SSSR count). The minimum atomic E-state index is -0.876. The second-order valence-electron chi connectivity index (χ2n) is 6.64. The Bertz CT molecular complexity index is 368. The van der Waals surface area contributed by atoms with E-state index in [0.29, 0.717) is 12.8 Å². The van der Waals surface area contributed by atoms with Gasteiger partial charge in [0.1, 0.15) is 5.41 Å². The molecule has 5 nitrogen and oxygen atoms in total. The molecule has 0 aromatic carbocycles. The van der Waals surface area contributed by atoms with Crippen LogP contribution >= 0.6 is 0 Å². The van der Waals surface area contributed by atoms with Gasteiger partial charge in [-0.25, -0.2) is 0 Å². The van der Waals surface area contributed by atoms with E-state index in [1.54, 1.807) is 0 Å². The molecule has 0 heterocycles. The Balaban J connectivity index is 2.98. The van der Waals surface area contributed by atoms with E-state index < -0.39 is 5.41 Å². The molecule has 0 radical (unpaired) electrons. The molecule has 0 unspecified atom stereocenters. The average Bonchev–Trinajstić information content (AvgIpc) is 2.46. The van der Waals surface area contributed by atoms with Crippen LogP contribution in [0.3, 0.4) is 0 Å². The zero-order valence-electron chi connectivity index (χ0n) is 13.7. The van der Waals surface area contributed by atoms with E-state index in [0.717, 1.165) is 38.5 Å². The maximum Gasteiger partial charge on any atom is 0.234 e. The quantitative estimate of drug-likeness (QED) is 0.292. The standard InChI is InChI=1S/C16H31N3O2/c1-4-9-16(10-5-2,13(17)19-21)14(20)18-15(3)11-7-6-8-12-15/h21H,4-12H2,1-3H3,(H2,17,19)(H,18,20). The second kappa shape index (κ2) is 7.66.